The molecule has 4 heteroatoms. The van der Waals surface area contributed by atoms with Gasteiger partial charge >= 0.3 is 5.97 Å². The summed E-state index contributed by atoms with van der Waals surface area (Å²) in [5.41, 5.74) is 0. The van der Waals surface area contributed by atoms with Crippen LogP contribution in [0.25, 0.3) is 0 Å². The predicted molar refractivity (Wildman–Crippen MR) is 242 cm³/mol. The molecule has 0 aliphatic heterocycles. The largest absolute Gasteiger partial charge is 0.457 e. The molecule has 0 saturated heterocycles. The van der Waals surface area contributed by atoms with E-state index in [2.05, 4.69) is 38.2 Å². The van der Waals surface area contributed by atoms with Crippen molar-refractivity contribution in [2.45, 2.75) is 277 Å². The first-order valence-corrected chi connectivity index (χ1v) is 24.9. The molecule has 0 radical (unpaired) electrons. The van der Waals surface area contributed by atoms with Crippen LogP contribution in [0, 0.1) is 0 Å². The Bertz CT molecular complexity index is 777. The first kappa shape index (κ1) is 53.9. The van der Waals surface area contributed by atoms with Crippen molar-refractivity contribution >= 4 is 5.97 Å². The van der Waals surface area contributed by atoms with Crippen molar-refractivity contribution in [3.05, 3.63) is 24.3 Å². The topological polar surface area (TPSA) is 55.8 Å². The minimum absolute atomic E-state index is 0.170. The van der Waals surface area contributed by atoms with Gasteiger partial charge in [-0.25, -0.2) is 0 Å². The molecule has 1 N–H and O–H groups in total. The molecule has 0 heterocycles. The third kappa shape index (κ3) is 47.1. The lowest BCUT2D eigenvalue weighted by Crippen LogP contribution is -2.27. The number of hydrogen-bond donors (Lipinski definition) is 1. The van der Waals surface area contributed by atoms with Crippen molar-refractivity contribution in [1.82, 2.24) is 0 Å². The Morgan fingerprint density at radius 3 is 1.15 bits per heavy atom. The molecular formula is C51H98O4. The fourth-order valence-corrected chi connectivity index (χ4v) is 7.54. The molecule has 55 heavy (non-hydrogen) atoms. The average Bonchev–Trinajstić information content (AvgIpc) is 3.19. The van der Waals surface area contributed by atoms with E-state index in [1.807, 2.05) is 0 Å². The number of carbonyl (C=O) groups excluding carboxylic acids is 1. The number of aliphatic hydroxyl groups is 1. The second-order valence-corrected chi connectivity index (χ2v) is 16.9. The van der Waals surface area contributed by atoms with Crippen molar-refractivity contribution in [2.75, 3.05) is 19.8 Å². The number of allylic oxidation sites excluding steroid dienone is 4. The van der Waals surface area contributed by atoms with Crippen molar-refractivity contribution in [2.24, 2.45) is 0 Å². The van der Waals surface area contributed by atoms with Crippen LogP contribution in [-0.4, -0.2) is 37.0 Å². The van der Waals surface area contributed by atoms with E-state index in [0.29, 0.717) is 19.6 Å². The molecule has 0 aliphatic rings. The smallest absolute Gasteiger partial charge is 0.306 e. The van der Waals surface area contributed by atoms with Crippen LogP contribution in [0.5, 0.6) is 0 Å². The highest BCUT2D eigenvalue weighted by Crippen LogP contribution is 2.16. The highest BCUT2D eigenvalue weighted by atomic mass is 16.6. The number of aliphatic hydroxyl groups excluding tert-OH is 1. The van der Waals surface area contributed by atoms with Gasteiger partial charge in [0.05, 0.1) is 13.2 Å². The number of carbonyl (C=O) groups is 1. The minimum Gasteiger partial charge on any atom is -0.457 e. The molecule has 0 bridgehead atoms. The van der Waals surface area contributed by atoms with E-state index in [1.165, 1.54) is 225 Å². The van der Waals surface area contributed by atoms with Crippen LogP contribution in [0.4, 0.5) is 0 Å². The van der Waals surface area contributed by atoms with Crippen LogP contribution in [0.2, 0.25) is 0 Å². The summed E-state index contributed by atoms with van der Waals surface area (Å²) in [5.74, 6) is -0.203. The average molecular weight is 775 g/mol. The number of ether oxygens (including phenoxy) is 2. The van der Waals surface area contributed by atoms with Gasteiger partial charge in [-0.1, -0.05) is 244 Å². The predicted octanol–water partition coefficient (Wildman–Crippen LogP) is 16.7. The number of unbranched alkanes of at least 4 members (excludes halogenated alkanes) is 35. The zero-order chi connectivity index (χ0) is 39.8. The van der Waals surface area contributed by atoms with Crippen LogP contribution in [0.15, 0.2) is 24.3 Å². The van der Waals surface area contributed by atoms with Crippen LogP contribution in [-0.2, 0) is 14.3 Å². The van der Waals surface area contributed by atoms with E-state index in [-0.39, 0.29) is 12.6 Å². The SMILES string of the molecule is CCCCCC/C=C\C/C=C\CCCCCCCCCC(=O)OC(CO)COCCCCCCCCCCCCCCCCCCCCCCCCCCC. The normalized spacial score (nSPS) is 12.4. The van der Waals surface area contributed by atoms with E-state index in [4.69, 9.17) is 9.47 Å². The summed E-state index contributed by atoms with van der Waals surface area (Å²) in [4.78, 5) is 12.2. The van der Waals surface area contributed by atoms with Crippen molar-refractivity contribution in [1.29, 1.82) is 0 Å². The second kappa shape index (κ2) is 49.0. The third-order valence-corrected chi connectivity index (χ3v) is 11.3. The van der Waals surface area contributed by atoms with Gasteiger partial charge in [0, 0.05) is 13.0 Å². The third-order valence-electron chi connectivity index (χ3n) is 11.3. The Balaban J connectivity index is 3.36. The molecular weight excluding hydrogens is 677 g/mol. The zero-order valence-corrected chi connectivity index (χ0v) is 37.5. The highest BCUT2D eigenvalue weighted by Gasteiger charge is 2.13. The molecule has 0 spiro atoms. The van der Waals surface area contributed by atoms with Crippen molar-refractivity contribution in [3.8, 4) is 0 Å². The van der Waals surface area contributed by atoms with E-state index >= 15 is 0 Å². The summed E-state index contributed by atoms with van der Waals surface area (Å²) in [5, 5.41) is 9.64. The molecule has 0 saturated carbocycles. The molecule has 326 valence electrons. The van der Waals surface area contributed by atoms with Gasteiger partial charge in [0.25, 0.3) is 0 Å². The highest BCUT2D eigenvalue weighted by molar-refractivity contribution is 5.69. The van der Waals surface area contributed by atoms with Gasteiger partial charge < -0.3 is 14.6 Å². The molecule has 0 aromatic rings. The summed E-state index contributed by atoms with van der Waals surface area (Å²) < 4.78 is 11.2. The van der Waals surface area contributed by atoms with Crippen molar-refractivity contribution in [3.63, 3.8) is 0 Å². The molecule has 0 fully saturated rings. The molecule has 0 amide bonds. The summed E-state index contributed by atoms with van der Waals surface area (Å²) in [6.07, 6.45) is 61.3. The summed E-state index contributed by atoms with van der Waals surface area (Å²) in [6, 6.07) is 0. The lowest BCUT2D eigenvalue weighted by Gasteiger charge is -2.16. The van der Waals surface area contributed by atoms with Gasteiger partial charge in [0.2, 0.25) is 0 Å². The van der Waals surface area contributed by atoms with Gasteiger partial charge in [0.15, 0.2) is 0 Å². The summed E-state index contributed by atoms with van der Waals surface area (Å²) in [6.45, 7) is 5.37. The quantitative estimate of drug-likeness (QED) is 0.0380. The zero-order valence-electron chi connectivity index (χ0n) is 37.5. The van der Waals surface area contributed by atoms with Crippen LogP contribution >= 0.6 is 0 Å². The molecule has 0 aromatic carbocycles. The van der Waals surface area contributed by atoms with E-state index in [1.54, 1.807) is 0 Å². The monoisotopic (exact) mass is 775 g/mol. The second-order valence-electron chi connectivity index (χ2n) is 16.9. The van der Waals surface area contributed by atoms with E-state index < -0.39 is 6.10 Å². The van der Waals surface area contributed by atoms with Crippen molar-refractivity contribution < 1.29 is 19.4 Å². The van der Waals surface area contributed by atoms with Gasteiger partial charge in [-0.15, -0.1) is 0 Å². The van der Waals surface area contributed by atoms with Gasteiger partial charge in [-0.05, 0) is 44.9 Å². The Morgan fingerprint density at radius 2 is 0.764 bits per heavy atom. The first-order valence-electron chi connectivity index (χ1n) is 24.9. The van der Waals surface area contributed by atoms with E-state index in [9.17, 15) is 9.90 Å². The Labute approximate surface area is 345 Å². The standard InChI is InChI=1S/C51H98O4/c1-3-5-7-9-11-13-15-17-19-21-23-24-25-26-27-28-29-31-33-35-37-39-41-43-45-47-54-49-50(48-52)55-51(53)46-44-42-40-38-36-34-32-30-22-20-18-16-14-12-10-8-6-4-2/h14,16,20,22,50,52H,3-13,15,17-19,21,23-49H2,1-2H3/b16-14-,22-20-. The molecule has 0 aromatic heterocycles. The van der Waals surface area contributed by atoms with E-state index in [0.717, 1.165) is 25.7 Å². The molecule has 1 unspecified atom stereocenters. The number of hydrogen-bond acceptors (Lipinski definition) is 4. The first-order chi connectivity index (χ1) is 27.2. The Kier molecular flexibility index (Phi) is 48.0. The molecule has 1 atom stereocenters. The molecule has 0 aliphatic carbocycles. The minimum atomic E-state index is -0.535. The van der Waals surface area contributed by atoms with Crippen LogP contribution in [0.3, 0.4) is 0 Å². The number of esters is 1. The lowest BCUT2D eigenvalue weighted by molar-refractivity contribution is -0.154. The summed E-state index contributed by atoms with van der Waals surface area (Å²) >= 11 is 0. The lowest BCUT2D eigenvalue weighted by atomic mass is 10.0. The van der Waals surface area contributed by atoms with Crippen LogP contribution < -0.4 is 0 Å². The maximum atomic E-state index is 12.2. The van der Waals surface area contributed by atoms with Gasteiger partial charge in [-0.3, -0.25) is 4.79 Å². The maximum absolute atomic E-state index is 12.2. The number of rotatable bonds is 47. The Hall–Kier alpha value is -1.13. The fraction of sp³-hybridized carbons (Fsp3) is 0.902. The maximum Gasteiger partial charge on any atom is 0.306 e. The fourth-order valence-electron chi connectivity index (χ4n) is 7.54. The Morgan fingerprint density at radius 1 is 0.436 bits per heavy atom. The van der Waals surface area contributed by atoms with Gasteiger partial charge in [0.1, 0.15) is 6.10 Å². The molecule has 4 nitrogen and oxygen atoms in total. The van der Waals surface area contributed by atoms with Gasteiger partial charge in [-0.2, -0.15) is 0 Å². The summed E-state index contributed by atoms with van der Waals surface area (Å²) in [7, 11) is 0. The van der Waals surface area contributed by atoms with Crippen LogP contribution in [0.1, 0.15) is 271 Å². The molecule has 0 rings (SSSR count).